The Labute approximate surface area is 116 Å². The van der Waals surface area contributed by atoms with Gasteiger partial charge in [0.1, 0.15) is 0 Å². The van der Waals surface area contributed by atoms with Crippen LogP contribution < -0.4 is 11.3 Å². The average Bonchev–Trinajstić information content (AvgIpc) is 2.38. The molecule has 0 amide bonds. The summed E-state index contributed by atoms with van der Waals surface area (Å²) < 4.78 is 11.2. The molecule has 3 N–H and O–H groups in total. The molecule has 1 aromatic carbocycles. The van der Waals surface area contributed by atoms with Crippen molar-refractivity contribution < 1.29 is 9.47 Å². The lowest BCUT2D eigenvalue weighted by Crippen LogP contribution is -2.48. The first kappa shape index (κ1) is 16.1. The molecule has 0 spiro atoms. The van der Waals surface area contributed by atoms with Crippen LogP contribution in [0.4, 0.5) is 0 Å². The highest BCUT2D eigenvalue weighted by atomic mass is 16.7. The lowest BCUT2D eigenvalue weighted by molar-refractivity contribution is -0.153. The fraction of sp³-hybridized carbons (Fsp3) is 0.600. The van der Waals surface area contributed by atoms with Crippen LogP contribution in [0.25, 0.3) is 0 Å². The SMILES string of the molecule is CCOC(OCC)C(Cc1c(C)cccc1C)NN. The van der Waals surface area contributed by atoms with Crippen LogP contribution in [0.2, 0.25) is 0 Å². The highest BCUT2D eigenvalue weighted by molar-refractivity contribution is 5.34. The third kappa shape index (κ3) is 4.58. The van der Waals surface area contributed by atoms with Crippen LogP contribution in [-0.2, 0) is 15.9 Å². The van der Waals surface area contributed by atoms with E-state index >= 15 is 0 Å². The van der Waals surface area contributed by atoms with Crippen LogP contribution in [0.15, 0.2) is 18.2 Å². The van der Waals surface area contributed by atoms with Gasteiger partial charge in [-0.25, -0.2) is 0 Å². The fourth-order valence-corrected chi connectivity index (χ4v) is 2.23. The Balaban J connectivity index is 2.85. The van der Waals surface area contributed by atoms with Crippen molar-refractivity contribution in [3.05, 3.63) is 34.9 Å². The largest absolute Gasteiger partial charge is 0.351 e. The Morgan fingerprint density at radius 1 is 1.11 bits per heavy atom. The quantitative estimate of drug-likeness (QED) is 0.430. The van der Waals surface area contributed by atoms with E-state index in [0.717, 1.165) is 6.42 Å². The van der Waals surface area contributed by atoms with Crippen molar-refractivity contribution in [1.29, 1.82) is 0 Å². The van der Waals surface area contributed by atoms with Gasteiger partial charge in [0.2, 0.25) is 0 Å². The number of nitrogens with two attached hydrogens (primary N) is 1. The van der Waals surface area contributed by atoms with E-state index in [4.69, 9.17) is 15.3 Å². The molecule has 0 fully saturated rings. The highest BCUT2D eigenvalue weighted by Crippen LogP contribution is 2.17. The summed E-state index contributed by atoms with van der Waals surface area (Å²) in [6.45, 7) is 9.36. The average molecular weight is 266 g/mol. The lowest BCUT2D eigenvalue weighted by Gasteiger charge is -2.27. The van der Waals surface area contributed by atoms with Crippen molar-refractivity contribution in [2.24, 2.45) is 5.84 Å². The van der Waals surface area contributed by atoms with Crippen molar-refractivity contribution in [2.45, 2.75) is 46.4 Å². The summed E-state index contributed by atoms with van der Waals surface area (Å²) in [5.41, 5.74) is 6.67. The summed E-state index contributed by atoms with van der Waals surface area (Å²) in [6.07, 6.45) is 0.471. The second kappa shape index (κ2) is 8.27. The molecule has 4 heteroatoms. The summed E-state index contributed by atoms with van der Waals surface area (Å²) >= 11 is 0. The highest BCUT2D eigenvalue weighted by Gasteiger charge is 2.22. The molecule has 4 nitrogen and oxygen atoms in total. The minimum atomic E-state index is -0.320. The van der Waals surface area contributed by atoms with E-state index in [-0.39, 0.29) is 12.3 Å². The molecule has 0 aliphatic carbocycles. The van der Waals surface area contributed by atoms with Crippen molar-refractivity contribution in [2.75, 3.05) is 13.2 Å². The fourth-order valence-electron chi connectivity index (χ4n) is 2.23. The number of benzene rings is 1. The molecule has 108 valence electrons. The number of hydrazine groups is 1. The van der Waals surface area contributed by atoms with Crippen LogP contribution in [0.5, 0.6) is 0 Å². The number of aryl methyl sites for hydroxylation is 2. The van der Waals surface area contributed by atoms with Gasteiger partial charge in [-0.3, -0.25) is 11.3 Å². The molecule has 0 saturated carbocycles. The Morgan fingerprint density at radius 3 is 2.05 bits per heavy atom. The van der Waals surface area contributed by atoms with Crippen LogP contribution in [0.1, 0.15) is 30.5 Å². The number of ether oxygens (including phenoxy) is 2. The van der Waals surface area contributed by atoms with E-state index in [9.17, 15) is 0 Å². The summed E-state index contributed by atoms with van der Waals surface area (Å²) in [5, 5.41) is 0. The van der Waals surface area contributed by atoms with Crippen LogP contribution in [-0.4, -0.2) is 25.5 Å². The predicted molar refractivity (Wildman–Crippen MR) is 77.8 cm³/mol. The van der Waals surface area contributed by atoms with Gasteiger partial charge in [-0.2, -0.15) is 0 Å². The Morgan fingerprint density at radius 2 is 1.63 bits per heavy atom. The molecule has 1 rings (SSSR count). The third-order valence-corrected chi connectivity index (χ3v) is 3.27. The first-order valence-corrected chi connectivity index (χ1v) is 6.88. The lowest BCUT2D eigenvalue weighted by atomic mass is 9.96. The van der Waals surface area contributed by atoms with Crippen molar-refractivity contribution in [3.63, 3.8) is 0 Å². The van der Waals surface area contributed by atoms with Crippen LogP contribution >= 0.6 is 0 Å². The Kier molecular flexibility index (Phi) is 7.02. The Hall–Kier alpha value is -0.940. The van der Waals surface area contributed by atoms with Gasteiger partial charge in [-0.15, -0.1) is 0 Å². The zero-order valence-corrected chi connectivity index (χ0v) is 12.4. The molecule has 19 heavy (non-hydrogen) atoms. The molecular weight excluding hydrogens is 240 g/mol. The summed E-state index contributed by atoms with van der Waals surface area (Å²) in [7, 11) is 0. The number of hydrogen-bond acceptors (Lipinski definition) is 4. The van der Waals surface area contributed by atoms with Gasteiger partial charge in [0.15, 0.2) is 6.29 Å². The molecule has 0 heterocycles. The monoisotopic (exact) mass is 266 g/mol. The molecule has 0 radical (unpaired) electrons. The number of rotatable bonds is 8. The molecule has 1 unspecified atom stereocenters. The smallest absolute Gasteiger partial charge is 0.174 e. The van der Waals surface area contributed by atoms with E-state index in [1.165, 1.54) is 16.7 Å². The first-order valence-electron chi connectivity index (χ1n) is 6.88. The van der Waals surface area contributed by atoms with Gasteiger partial charge in [0.05, 0.1) is 6.04 Å². The standard InChI is InChI=1S/C15H26N2O2/c1-5-18-15(19-6-2)14(17-16)10-13-11(3)8-7-9-12(13)4/h7-9,14-15,17H,5-6,10,16H2,1-4H3. The summed E-state index contributed by atoms with van der Waals surface area (Å²) in [5.74, 6) is 5.67. The van der Waals surface area contributed by atoms with E-state index in [1.54, 1.807) is 0 Å². The van der Waals surface area contributed by atoms with Gasteiger partial charge in [-0.05, 0) is 50.8 Å². The zero-order chi connectivity index (χ0) is 14.3. The van der Waals surface area contributed by atoms with E-state index in [1.807, 2.05) is 13.8 Å². The third-order valence-electron chi connectivity index (χ3n) is 3.27. The topological polar surface area (TPSA) is 56.5 Å². The first-order chi connectivity index (χ1) is 9.13. The summed E-state index contributed by atoms with van der Waals surface area (Å²) in [4.78, 5) is 0. The van der Waals surface area contributed by atoms with Gasteiger partial charge in [0, 0.05) is 13.2 Å². The minimum Gasteiger partial charge on any atom is -0.351 e. The number of nitrogens with one attached hydrogen (secondary N) is 1. The van der Waals surface area contributed by atoms with E-state index in [0.29, 0.717) is 13.2 Å². The molecular formula is C15H26N2O2. The van der Waals surface area contributed by atoms with E-state index < -0.39 is 0 Å². The Bertz CT molecular complexity index is 356. The molecule has 0 aliphatic heterocycles. The van der Waals surface area contributed by atoms with Crippen molar-refractivity contribution in [3.8, 4) is 0 Å². The van der Waals surface area contributed by atoms with Crippen molar-refractivity contribution >= 4 is 0 Å². The molecule has 1 aromatic rings. The van der Waals surface area contributed by atoms with Gasteiger partial charge in [-0.1, -0.05) is 18.2 Å². The van der Waals surface area contributed by atoms with Crippen molar-refractivity contribution in [1.82, 2.24) is 5.43 Å². The van der Waals surface area contributed by atoms with Gasteiger partial charge in [0.25, 0.3) is 0 Å². The maximum Gasteiger partial charge on any atom is 0.174 e. The van der Waals surface area contributed by atoms with Gasteiger partial charge >= 0.3 is 0 Å². The van der Waals surface area contributed by atoms with E-state index in [2.05, 4.69) is 37.5 Å². The van der Waals surface area contributed by atoms with Gasteiger partial charge < -0.3 is 9.47 Å². The normalized spacial score (nSPS) is 12.9. The zero-order valence-electron chi connectivity index (χ0n) is 12.4. The molecule has 0 bridgehead atoms. The summed E-state index contributed by atoms with van der Waals surface area (Å²) in [6, 6.07) is 6.25. The molecule has 0 saturated heterocycles. The predicted octanol–water partition coefficient (Wildman–Crippen LogP) is 2.08. The molecule has 0 aliphatic rings. The molecule has 1 atom stereocenters. The second-order valence-electron chi connectivity index (χ2n) is 4.63. The van der Waals surface area contributed by atoms with Crippen LogP contribution in [0.3, 0.4) is 0 Å². The maximum absolute atomic E-state index is 5.67. The minimum absolute atomic E-state index is 0.0558. The number of hydrogen-bond donors (Lipinski definition) is 2. The molecule has 0 aromatic heterocycles. The second-order valence-corrected chi connectivity index (χ2v) is 4.63. The van der Waals surface area contributed by atoms with Crippen LogP contribution in [0, 0.1) is 13.8 Å². The maximum atomic E-state index is 5.67.